The number of nitrogens with zero attached hydrogens (tertiary/aromatic N) is 1. The van der Waals surface area contributed by atoms with E-state index in [0.29, 0.717) is 0 Å². The van der Waals surface area contributed by atoms with Crippen LogP contribution < -0.4 is 5.73 Å². The molecule has 0 amide bonds. The minimum Gasteiger partial charge on any atom is -0.399 e. The summed E-state index contributed by atoms with van der Waals surface area (Å²) in [4.78, 5) is 2.91. The molecule has 0 saturated carbocycles. The van der Waals surface area contributed by atoms with Gasteiger partial charge < -0.3 is 5.73 Å². The zero-order valence-corrected chi connectivity index (χ0v) is 4.52. The summed E-state index contributed by atoms with van der Waals surface area (Å²) in [6.45, 7) is 6.67. The monoisotopic (exact) mass is 122 g/mol. The van der Waals surface area contributed by atoms with Crippen molar-refractivity contribution in [2.24, 2.45) is 0 Å². The van der Waals surface area contributed by atoms with Crippen LogP contribution in [0, 0.1) is 6.57 Å². The van der Waals surface area contributed by atoms with Crippen molar-refractivity contribution < 1.29 is 5.48 Å². The maximum atomic E-state index is 7.29. The molecule has 0 atom stereocenters. The Balaban J connectivity index is 3.69. The zero-order chi connectivity index (χ0) is 10.2. The van der Waals surface area contributed by atoms with E-state index < -0.39 is 0 Å². The third-order valence-electron chi connectivity index (χ3n) is 0.743. The molecule has 0 fully saturated rings. The Morgan fingerprint density at radius 3 is 2.44 bits per heavy atom. The van der Waals surface area contributed by atoms with E-state index >= 15 is 0 Å². The second kappa shape index (κ2) is 2.19. The average Bonchev–Trinajstić information content (AvgIpc) is 2.13. The van der Waals surface area contributed by atoms with Crippen LogP contribution in [0.3, 0.4) is 0 Å². The van der Waals surface area contributed by atoms with Crippen molar-refractivity contribution in [2.45, 2.75) is 0 Å². The standard InChI is InChI=1S/C7H6N2/c1-9-7-4-2-6(8)3-5-7/h2-5H,8H2/i2D,3D,4D,5D. The molecule has 0 aliphatic carbocycles. The van der Waals surface area contributed by atoms with Crippen molar-refractivity contribution in [3.8, 4) is 0 Å². The summed E-state index contributed by atoms with van der Waals surface area (Å²) in [7, 11) is 0. The minimum absolute atomic E-state index is 0.220. The van der Waals surface area contributed by atoms with Crippen LogP contribution in [-0.4, -0.2) is 0 Å². The lowest BCUT2D eigenvalue weighted by molar-refractivity contribution is 1.69. The third kappa shape index (κ3) is 1.20. The van der Waals surface area contributed by atoms with Crippen LogP contribution in [0.1, 0.15) is 5.48 Å². The molecule has 0 aromatic heterocycles. The smallest absolute Gasteiger partial charge is 0.187 e. The predicted molar refractivity (Wildman–Crippen MR) is 37.1 cm³/mol. The number of benzene rings is 1. The highest BCUT2D eigenvalue weighted by Gasteiger charge is 1.85. The molecule has 2 heteroatoms. The van der Waals surface area contributed by atoms with Crippen molar-refractivity contribution >= 4 is 11.4 Å². The molecule has 1 rings (SSSR count). The molecular weight excluding hydrogens is 112 g/mol. The number of rotatable bonds is 0. The number of nitrogen functional groups attached to an aromatic ring is 1. The van der Waals surface area contributed by atoms with E-state index in [2.05, 4.69) is 4.85 Å². The molecule has 1 aromatic rings. The van der Waals surface area contributed by atoms with E-state index in [1.165, 1.54) is 0 Å². The lowest BCUT2D eigenvalue weighted by Crippen LogP contribution is -1.80. The summed E-state index contributed by atoms with van der Waals surface area (Å²) >= 11 is 0. The molecule has 1 aromatic carbocycles. The van der Waals surface area contributed by atoms with Crippen LogP contribution in [0.4, 0.5) is 11.4 Å². The Morgan fingerprint density at radius 2 is 2.00 bits per heavy atom. The second-order valence-electron chi connectivity index (χ2n) is 1.37. The van der Waals surface area contributed by atoms with Gasteiger partial charge in [-0.05, 0) is 12.1 Å². The molecule has 0 aliphatic rings. The Hall–Kier alpha value is -1.49. The summed E-state index contributed by atoms with van der Waals surface area (Å²) in [6.07, 6.45) is 0. The summed E-state index contributed by atoms with van der Waals surface area (Å²) in [6, 6.07) is -1.47. The SMILES string of the molecule is [2H]c1c([2H])c([N+]#[C-])c([2H])c([2H])c1N. The molecule has 0 saturated heterocycles. The molecule has 0 aliphatic heterocycles. The number of nitrogens with two attached hydrogens (primary N) is 1. The van der Waals surface area contributed by atoms with E-state index in [-0.39, 0.29) is 35.5 Å². The van der Waals surface area contributed by atoms with E-state index in [4.69, 9.17) is 17.8 Å². The molecule has 44 valence electrons. The number of anilines is 1. The lowest BCUT2D eigenvalue weighted by Gasteiger charge is -1.88. The summed E-state index contributed by atoms with van der Waals surface area (Å²) < 4.78 is 29.1. The van der Waals surface area contributed by atoms with E-state index in [1.54, 1.807) is 0 Å². The van der Waals surface area contributed by atoms with Gasteiger partial charge >= 0.3 is 0 Å². The fourth-order valence-corrected chi connectivity index (χ4v) is 0.371. The molecule has 0 unspecified atom stereocenters. The third-order valence-corrected chi connectivity index (χ3v) is 0.743. The van der Waals surface area contributed by atoms with Crippen molar-refractivity contribution in [1.82, 2.24) is 0 Å². The fraction of sp³-hybridized carbons (Fsp3) is 0. The number of hydrogen-bond acceptors (Lipinski definition) is 1. The largest absolute Gasteiger partial charge is 0.399 e. The van der Waals surface area contributed by atoms with E-state index in [9.17, 15) is 0 Å². The second-order valence-corrected chi connectivity index (χ2v) is 1.37. The highest BCUT2D eigenvalue weighted by molar-refractivity contribution is 5.51. The van der Waals surface area contributed by atoms with Gasteiger partial charge in [-0.2, -0.15) is 0 Å². The van der Waals surface area contributed by atoms with Gasteiger partial charge in [-0.15, -0.1) is 0 Å². The van der Waals surface area contributed by atoms with Crippen LogP contribution in [-0.2, 0) is 0 Å². The van der Waals surface area contributed by atoms with E-state index in [1.807, 2.05) is 0 Å². The predicted octanol–water partition coefficient (Wildman–Crippen LogP) is 1.82. The average molecular weight is 122 g/mol. The first-order valence-electron chi connectivity index (χ1n) is 4.24. The molecule has 0 spiro atoms. The van der Waals surface area contributed by atoms with Crippen LogP contribution >= 0.6 is 0 Å². The number of hydrogen-bond donors (Lipinski definition) is 1. The minimum atomic E-state index is -0.381. The summed E-state index contributed by atoms with van der Waals surface area (Å²) in [5.74, 6) is 0. The first-order valence-corrected chi connectivity index (χ1v) is 2.24. The van der Waals surface area contributed by atoms with Crippen LogP contribution in [0.2, 0.25) is 0 Å². The van der Waals surface area contributed by atoms with Crippen LogP contribution in [0.5, 0.6) is 0 Å². The Morgan fingerprint density at radius 1 is 1.44 bits per heavy atom. The lowest BCUT2D eigenvalue weighted by atomic mass is 10.3. The maximum absolute atomic E-state index is 7.29. The van der Waals surface area contributed by atoms with Crippen molar-refractivity contribution in [1.29, 1.82) is 0 Å². The van der Waals surface area contributed by atoms with Gasteiger partial charge in [-0.1, -0.05) is 12.1 Å². The Labute approximate surface area is 59.4 Å². The quantitative estimate of drug-likeness (QED) is 0.413. The highest BCUT2D eigenvalue weighted by atomic mass is 14.6. The molecule has 2 N–H and O–H groups in total. The van der Waals surface area contributed by atoms with Crippen molar-refractivity contribution in [3.05, 3.63) is 35.6 Å². The van der Waals surface area contributed by atoms with Gasteiger partial charge in [0.15, 0.2) is 5.69 Å². The van der Waals surface area contributed by atoms with Gasteiger partial charge in [-0.25, -0.2) is 4.85 Å². The normalized spacial score (nSPS) is 14.6. The first-order chi connectivity index (χ1) is 6.00. The van der Waals surface area contributed by atoms with Gasteiger partial charge in [-0.3, -0.25) is 0 Å². The maximum Gasteiger partial charge on any atom is 0.187 e. The molecule has 2 nitrogen and oxygen atoms in total. The van der Waals surface area contributed by atoms with Gasteiger partial charge in [0.05, 0.1) is 9.31 Å². The molecule has 0 radical (unpaired) electrons. The summed E-state index contributed by atoms with van der Waals surface area (Å²) in [5.41, 5.74) is 4.78. The molecular formula is C7H6N2. The Bertz CT molecular complexity index is 379. The van der Waals surface area contributed by atoms with Gasteiger partial charge in [0, 0.05) is 8.43 Å². The zero-order valence-electron chi connectivity index (χ0n) is 8.52. The van der Waals surface area contributed by atoms with Crippen molar-refractivity contribution in [2.75, 3.05) is 5.73 Å². The van der Waals surface area contributed by atoms with E-state index in [0.717, 1.165) is 0 Å². The Kier molecular flexibility index (Phi) is 0.583. The van der Waals surface area contributed by atoms with Gasteiger partial charge in [0.2, 0.25) is 0 Å². The molecule has 0 bridgehead atoms. The van der Waals surface area contributed by atoms with Gasteiger partial charge in [0.1, 0.15) is 0 Å². The highest BCUT2D eigenvalue weighted by Crippen LogP contribution is 2.12. The molecule has 9 heavy (non-hydrogen) atoms. The fourth-order valence-electron chi connectivity index (χ4n) is 0.371. The summed E-state index contributed by atoms with van der Waals surface area (Å²) in [5, 5.41) is 0. The molecule has 0 heterocycles. The first kappa shape index (κ1) is 2.40. The van der Waals surface area contributed by atoms with Crippen molar-refractivity contribution in [3.63, 3.8) is 0 Å². The van der Waals surface area contributed by atoms with Crippen LogP contribution in [0.15, 0.2) is 24.2 Å². The topological polar surface area (TPSA) is 30.4 Å². The van der Waals surface area contributed by atoms with Crippen LogP contribution in [0.25, 0.3) is 4.85 Å². The van der Waals surface area contributed by atoms with Gasteiger partial charge in [0.25, 0.3) is 0 Å².